The van der Waals surface area contributed by atoms with E-state index in [1.807, 2.05) is 0 Å². The van der Waals surface area contributed by atoms with Crippen LogP contribution in [-0.4, -0.2) is 11.0 Å². The quantitative estimate of drug-likeness (QED) is 0.902. The van der Waals surface area contributed by atoms with Gasteiger partial charge in [-0.3, -0.25) is 4.79 Å². The summed E-state index contributed by atoms with van der Waals surface area (Å²) in [5.41, 5.74) is 6.17. The lowest BCUT2D eigenvalue weighted by atomic mass is 10.2. The number of ether oxygens (including phenoxy) is 1. The van der Waals surface area contributed by atoms with Gasteiger partial charge in [-0.05, 0) is 29.8 Å². The molecule has 3 N–H and O–H groups in total. The van der Waals surface area contributed by atoms with Crippen molar-refractivity contribution in [1.82, 2.24) is 0 Å². The first-order valence-electron chi connectivity index (χ1n) is 5.58. The molecular weight excluding hydrogens is 266 g/mol. The summed E-state index contributed by atoms with van der Waals surface area (Å²) in [4.78, 5) is 11.3. The molecule has 0 atom stereocenters. The van der Waals surface area contributed by atoms with Crippen LogP contribution in [0.15, 0.2) is 42.5 Å². The molecule has 0 bridgehead atoms. The Bertz CT molecular complexity index is 613. The highest BCUT2D eigenvalue weighted by molar-refractivity contribution is 6.31. The van der Waals surface area contributed by atoms with E-state index in [0.717, 1.165) is 0 Å². The highest BCUT2D eigenvalue weighted by Gasteiger charge is 2.10. The second-order valence-electron chi connectivity index (χ2n) is 3.87. The van der Waals surface area contributed by atoms with Crippen LogP contribution >= 0.6 is 11.6 Å². The molecule has 98 valence electrons. The molecule has 0 aromatic heterocycles. The number of hydrogen-bond donors (Lipinski definition) is 2. The molecule has 0 spiro atoms. The van der Waals surface area contributed by atoms with Crippen molar-refractivity contribution in [2.45, 2.75) is 6.61 Å². The van der Waals surface area contributed by atoms with E-state index >= 15 is 0 Å². The Labute approximate surface area is 115 Å². The summed E-state index contributed by atoms with van der Waals surface area (Å²) in [6.07, 6.45) is 0. The minimum Gasteiger partial charge on any atom is -0.456 e. The summed E-state index contributed by atoms with van der Waals surface area (Å²) in [6, 6.07) is 11.6. The van der Waals surface area contributed by atoms with Crippen LogP contribution in [0.25, 0.3) is 0 Å². The number of carbonyl (C=O) groups is 1. The molecule has 2 aromatic rings. The van der Waals surface area contributed by atoms with Crippen molar-refractivity contribution in [2.24, 2.45) is 5.73 Å². The van der Waals surface area contributed by atoms with Crippen LogP contribution in [0.1, 0.15) is 15.9 Å². The van der Waals surface area contributed by atoms with E-state index in [-0.39, 0.29) is 6.61 Å². The van der Waals surface area contributed by atoms with Gasteiger partial charge in [0, 0.05) is 5.02 Å². The van der Waals surface area contributed by atoms with Crippen LogP contribution in [0.4, 0.5) is 0 Å². The monoisotopic (exact) mass is 277 g/mol. The predicted molar refractivity (Wildman–Crippen MR) is 72.4 cm³/mol. The number of rotatable bonds is 4. The van der Waals surface area contributed by atoms with Crippen LogP contribution in [0.5, 0.6) is 11.5 Å². The number of aliphatic hydroxyl groups is 1. The molecule has 0 aliphatic rings. The molecule has 1 amide bonds. The Morgan fingerprint density at radius 3 is 2.63 bits per heavy atom. The van der Waals surface area contributed by atoms with Crippen LogP contribution < -0.4 is 10.5 Å². The molecule has 0 unspecified atom stereocenters. The summed E-state index contributed by atoms with van der Waals surface area (Å²) in [5.74, 6) is 0.271. The Hall–Kier alpha value is -2.04. The molecule has 0 heterocycles. The fourth-order valence-corrected chi connectivity index (χ4v) is 1.84. The molecule has 5 heteroatoms. The maximum Gasteiger partial charge on any atom is 0.252 e. The number of primary amides is 1. The van der Waals surface area contributed by atoms with E-state index in [4.69, 9.17) is 27.2 Å². The van der Waals surface area contributed by atoms with Crippen molar-refractivity contribution in [2.75, 3.05) is 0 Å². The van der Waals surface area contributed by atoms with Crippen molar-refractivity contribution in [3.63, 3.8) is 0 Å². The van der Waals surface area contributed by atoms with E-state index in [1.165, 1.54) is 0 Å². The minimum atomic E-state index is -0.561. The summed E-state index contributed by atoms with van der Waals surface area (Å²) >= 11 is 5.97. The van der Waals surface area contributed by atoms with E-state index in [1.54, 1.807) is 42.5 Å². The van der Waals surface area contributed by atoms with Gasteiger partial charge in [0.1, 0.15) is 11.5 Å². The van der Waals surface area contributed by atoms with Crippen molar-refractivity contribution in [3.05, 3.63) is 58.6 Å². The van der Waals surface area contributed by atoms with Gasteiger partial charge in [0.25, 0.3) is 5.91 Å². The molecule has 0 saturated carbocycles. The van der Waals surface area contributed by atoms with Gasteiger partial charge in [0.05, 0.1) is 12.2 Å². The van der Waals surface area contributed by atoms with Crippen LogP contribution in [0.2, 0.25) is 5.02 Å². The Morgan fingerprint density at radius 1 is 1.26 bits per heavy atom. The lowest BCUT2D eigenvalue weighted by molar-refractivity contribution is 0.0998. The van der Waals surface area contributed by atoms with Gasteiger partial charge in [-0.25, -0.2) is 0 Å². The molecule has 0 fully saturated rings. The maximum atomic E-state index is 11.3. The van der Waals surface area contributed by atoms with Crippen molar-refractivity contribution in [1.29, 1.82) is 0 Å². The molecule has 19 heavy (non-hydrogen) atoms. The zero-order valence-electron chi connectivity index (χ0n) is 9.97. The Kier molecular flexibility index (Phi) is 4.04. The number of carbonyl (C=O) groups excluding carboxylic acids is 1. The largest absolute Gasteiger partial charge is 0.456 e. The zero-order valence-corrected chi connectivity index (χ0v) is 10.7. The third-order valence-electron chi connectivity index (χ3n) is 2.58. The highest BCUT2D eigenvalue weighted by Crippen LogP contribution is 2.28. The van der Waals surface area contributed by atoms with E-state index < -0.39 is 5.91 Å². The minimum absolute atomic E-state index is 0.142. The summed E-state index contributed by atoms with van der Waals surface area (Å²) in [6.45, 7) is -0.142. The molecule has 4 nitrogen and oxygen atoms in total. The van der Waals surface area contributed by atoms with Gasteiger partial charge in [0.15, 0.2) is 0 Å². The molecular formula is C14H12ClNO3. The Balaban J connectivity index is 2.31. The Morgan fingerprint density at radius 2 is 2.00 bits per heavy atom. The SMILES string of the molecule is NC(=O)c1ccccc1Oc1ccc(CO)c(Cl)c1. The first-order valence-corrected chi connectivity index (χ1v) is 5.95. The molecule has 0 radical (unpaired) electrons. The topological polar surface area (TPSA) is 72.6 Å². The van der Waals surface area contributed by atoms with E-state index in [2.05, 4.69) is 0 Å². The summed E-state index contributed by atoms with van der Waals surface area (Å²) in [7, 11) is 0. The van der Waals surface area contributed by atoms with Crippen molar-refractivity contribution >= 4 is 17.5 Å². The van der Waals surface area contributed by atoms with Gasteiger partial charge in [-0.1, -0.05) is 29.8 Å². The van der Waals surface area contributed by atoms with E-state index in [9.17, 15) is 4.79 Å². The summed E-state index contributed by atoms with van der Waals surface area (Å²) < 4.78 is 5.58. The molecule has 0 aliphatic heterocycles. The second kappa shape index (κ2) is 5.73. The van der Waals surface area contributed by atoms with Gasteiger partial charge in [0.2, 0.25) is 0 Å². The number of nitrogens with two attached hydrogens (primary N) is 1. The van der Waals surface area contributed by atoms with Crippen molar-refractivity contribution < 1.29 is 14.6 Å². The predicted octanol–water partition coefficient (Wildman–Crippen LogP) is 2.72. The van der Waals surface area contributed by atoms with Crippen LogP contribution in [-0.2, 0) is 6.61 Å². The number of aliphatic hydroxyl groups excluding tert-OH is 1. The maximum absolute atomic E-state index is 11.3. The molecule has 2 aromatic carbocycles. The average molecular weight is 278 g/mol. The fourth-order valence-electron chi connectivity index (χ4n) is 1.61. The number of para-hydroxylation sites is 1. The van der Waals surface area contributed by atoms with Crippen molar-refractivity contribution in [3.8, 4) is 11.5 Å². The van der Waals surface area contributed by atoms with Gasteiger partial charge in [-0.2, -0.15) is 0 Å². The third kappa shape index (κ3) is 3.05. The number of hydrogen-bond acceptors (Lipinski definition) is 3. The van der Waals surface area contributed by atoms with Gasteiger partial charge >= 0.3 is 0 Å². The average Bonchev–Trinajstić information content (AvgIpc) is 2.39. The second-order valence-corrected chi connectivity index (χ2v) is 4.28. The fraction of sp³-hybridized carbons (Fsp3) is 0.0714. The van der Waals surface area contributed by atoms with Crippen LogP contribution in [0.3, 0.4) is 0 Å². The lowest BCUT2D eigenvalue weighted by Gasteiger charge is -2.10. The molecule has 0 saturated heterocycles. The zero-order chi connectivity index (χ0) is 13.8. The first-order chi connectivity index (χ1) is 9.11. The summed E-state index contributed by atoms with van der Waals surface area (Å²) in [5, 5.41) is 9.43. The van der Waals surface area contributed by atoms with Crippen LogP contribution in [0, 0.1) is 0 Å². The van der Waals surface area contributed by atoms with Gasteiger partial charge in [-0.15, -0.1) is 0 Å². The smallest absolute Gasteiger partial charge is 0.252 e. The number of benzene rings is 2. The highest BCUT2D eigenvalue weighted by atomic mass is 35.5. The lowest BCUT2D eigenvalue weighted by Crippen LogP contribution is -2.11. The third-order valence-corrected chi connectivity index (χ3v) is 2.93. The molecule has 2 rings (SSSR count). The first kappa shape index (κ1) is 13.4. The number of amides is 1. The van der Waals surface area contributed by atoms with Gasteiger partial charge < -0.3 is 15.6 Å². The standard InChI is InChI=1S/C14H12ClNO3/c15-12-7-10(6-5-9(12)8-17)19-13-4-2-1-3-11(13)14(16)18/h1-7,17H,8H2,(H2,16,18). The molecule has 0 aliphatic carbocycles. The van der Waals surface area contributed by atoms with E-state index in [0.29, 0.717) is 27.6 Å². The normalized spacial score (nSPS) is 10.2. The number of halogens is 1.